The van der Waals surface area contributed by atoms with E-state index in [1.54, 1.807) is 41.1 Å². The van der Waals surface area contributed by atoms with E-state index >= 15 is 0 Å². The number of rotatable bonds is 6. The van der Waals surface area contributed by atoms with Crippen LogP contribution in [0.1, 0.15) is 28.9 Å². The lowest BCUT2D eigenvalue weighted by molar-refractivity contribution is -0.141. The number of fused-ring (bicyclic) bond motifs is 1. The summed E-state index contributed by atoms with van der Waals surface area (Å²) in [6.07, 6.45) is 1.38. The number of amides is 2. The van der Waals surface area contributed by atoms with Gasteiger partial charge in [0.15, 0.2) is 11.5 Å². The maximum Gasteiger partial charge on any atom is 0.435 e. The number of hydrogen-bond acceptors (Lipinski definition) is 5. The maximum atomic E-state index is 13.2. The number of benzene rings is 1. The molecule has 1 aromatic carbocycles. The highest BCUT2D eigenvalue weighted by molar-refractivity contribution is 6.05. The number of carbonyl (C=O) groups excluding carboxylic acids is 2. The van der Waals surface area contributed by atoms with Gasteiger partial charge >= 0.3 is 6.18 Å². The van der Waals surface area contributed by atoms with Crippen molar-refractivity contribution in [3.05, 3.63) is 66.2 Å². The number of hydrogen-bond donors (Lipinski definition) is 2. The quantitative estimate of drug-likeness (QED) is 0.420. The third-order valence-electron chi connectivity index (χ3n) is 5.29. The van der Waals surface area contributed by atoms with Crippen molar-refractivity contribution in [1.82, 2.24) is 19.2 Å². The van der Waals surface area contributed by atoms with Crippen LogP contribution in [-0.4, -0.2) is 31.0 Å². The minimum absolute atomic E-state index is 0.0441. The standard InChI is InChI=1S/C23H19F3N6O3/c1-31-11-17(20(30-31)23(24,25)26)22(34)27-14-3-2-4-15(9-14)35-16-7-8-19-28-18(12-32(19)10-16)29-21(33)13-5-6-13/h2-4,7-13H,5-6H2,1H3,(H,27,34)(H,29,33). The van der Waals surface area contributed by atoms with Gasteiger partial charge in [0.05, 0.1) is 18.0 Å². The van der Waals surface area contributed by atoms with Gasteiger partial charge in [0.25, 0.3) is 5.91 Å². The lowest BCUT2D eigenvalue weighted by Crippen LogP contribution is -2.17. The minimum Gasteiger partial charge on any atom is -0.456 e. The van der Waals surface area contributed by atoms with Gasteiger partial charge < -0.3 is 19.8 Å². The molecule has 3 aromatic heterocycles. The molecule has 3 heterocycles. The first kappa shape index (κ1) is 22.4. The molecule has 0 aliphatic heterocycles. The molecule has 0 saturated heterocycles. The Bertz CT molecular complexity index is 1440. The molecule has 2 N–H and O–H groups in total. The molecule has 1 aliphatic rings. The van der Waals surface area contributed by atoms with Gasteiger partial charge in [0.1, 0.15) is 17.1 Å². The van der Waals surface area contributed by atoms with Crippen LogP contribution in [0.5, 0.6) is 11.5 Å². The molecule has 1 saturated carbocycles. The topological polar surface area (TPSA) is 103 Å². The number of alkyl halides is 3. The first-order chi connectivity index (χ1) is 16.7. The monoisotopic (exact) mass is 484 g/mol. The number of aryl methyl sites for hydroxylation is 1. The first-order valence-corrected chi connectivity index (χ1v) is 10.7. The van der Waals surface area contributed by atoms with Crippen molar-refractivity contribution in [3.63, 3.8) is 0 Å². The number of nitrogens with one attached hydrogen (secondary N) is 2. The molecule has 35 heavy (non-hydrogen) atoms. The van der Waals surface area contributed by atoms with Crippen LogP contribution in [0.3, 0.4) is 0 Å². The number of imidazole rings is 1. The van der Waals surface area contributed by atoms with Gasteiger partial charge in [-0.3, -0.25) is 14.3 Å². The fraction of sp³-hybridized carbons (Fsp3) is 0.217. The number of ether oxygens (including phenoxy) is 1. The van der Waals surface area contributed by atoms with Crippen molar-refractivity contribution in [1.29, 1.82) is 0 Å². The Morgan fingerprint density at radius 1 is 1.06 bits per heavy atom. The summed E-state index contributed by atoms with van der Waals surface area (Å²) in [6.45, 7) is 0. The van der Waals surface area contributed by atoms with Crippen LogP contribution < -0.4 is 15.4 Å². The van der Waals surface area contributed by atoms with Crippen molar-refractivity contribution in [2.75, 3.05) is 10.6 Å². The summed E-state index contributed by atoms with van der Waals surface area (Å²) in [6, 6.07) is 9.66. The maximum absolute atomic E-state index is 13.2. The summed E-state index contributed by atoms with van der Waals surface area (Å²) in [5.74, 6) is 0.319. The molecule has 0 bridgehead atoms. The fourth-order valence-corrected chi connectivity index (χ4v) is 3.50. The summed E-state index contributed by atoms with van der Waals surface area (Å²) in [4.78, 5) is 28.8. The molecule has 1 aliphatic carbocycles. The van der Waals surface area contributed by atoms with Crippen molar-refractivity contribution < 1.29 is 27.5 Å². The Kier molecular flexibility index (Phi) is 5.42. The van der Waals surface area contributed by atoms with Gasteiger partial charge in [0, 0.05) is 30.9 Å². The van der Waals surface area contributed by atoms with E-state index < -0.39 is 23.3 Å². The van der Waals surface area contributed by atoms with Crippen molar-refractivity contribution in [3.8, 4) is 11.5 Å². The van der Waals surface area contributed by atoms with Crippen molar-refractivity contribution in [2.45, 2.75) is 19.0 Å². The predicted octanol–water partition coefficient (Wildman–Crippen LogP) is 4.48. The molecule has 0 atom stereocenters. The van der Waals surface area contributed by atoms with Crippen LogP contribution >= 0.6 is 0 Å². The van der Waals surface area contributed by atoms with E-state index in [4.69, 9.17) is 4.74 Å². The Morgan fingerprint density at radius 2 is 1.86 bits per heavy atom. The van der Waals surface area contributed by atoms with Crippen LogP contribution in [0, 0.1) is 5.92 Å². The summed E-state index contributed by atoms with van der Waals surface area (Å²) in [5.41, 5.74) is -0.979. The second kappa shape index (κ2) is 8.46. The average Bonchev–Trinajstić information content (AvgIpc) is 3.45. The molecule has 9 nitrogen and oxygen atoms in total. The largest absolute Gasteiger partial charge is 0.456 e. The third kappa shape index (κ3) is 4.95. The van der Waals surface area contributed by atoms with E-state index in [1.165, 1.54) is 19.2 Å². The lowest BCUT2D eigenvalue weighted by atomic mass is 10.2. The number of nitrogens with zero attached hydrogens (tertiary/aromatic N) is 4. The molecule has 180 valence electrons. The normalized spacial score (nSPS) is 13.6. The highest BCUT2D eigenvalue weighted by Gasteiger charge is 2.39. The molecule has 12 heteroatoms. The van der Waals surface area contributed by atoms with Crippen molar-refractivity contribution in [2.24, 2.45) is 13.0 Å². The minimum atomic E-state index is -4.76. The van der Waals surface area contributed by atoms with E-state index in [0.29, 0.717) is 23.0 Å². The van der Waals surface area contributed by atoms with E-state index in [9.17, 15) is 22.8 Å². The summed E-state index contributed by atoms with van der Waals surface area (Å²) in [7, 11) is 1.31. The zero-order valence-corrected chi connectivity index (χ0v) is 18.3. The highest BCUT2D eigenvalue weighted by Crippen LogP contribution is 2.32. The van der Waals surface area contributed by atoms with Gasteiger partial charge in [-0.2, -0.15) is 18.3 Å². The zero-order valence-electron chi connectivity index (χ0n) is 18.3. The first-order valence-electron chi connectivity index (χ1n) is 10.7. The van der Waals surface area contributed by atoms with Crippen LogP contribution in [0.4, 0.5) is 24.7 Å². The van der Waals surface area contributed by atoms with Gasteiger partial charge in [0.2, 0.25) is 5.91 Å². The van der Waals surface area contributed by atoms with Crippen LogP contribution in [-0.2, 0) is 18.0 Å². The molecule has 1 fully saturated rings. The number of pyridine rings is 1. The zero-order chi connectivity index (χ0) is 24.7. The van der Waals surface area contributed by atoms with Crippen LogP contribution in [0.2, 0.25) is 0 Å². The fourth-order valence-electron chi connectivity index (χ4n) is 3.50. The molecule has 0 unspecified atom stereocenters. The summed E-state index contributed by atoms with van der Waals surface area (Å²) >= 11 is 0. The molecule has 2 amide bonds. The summed E-state index contributed by atoms with van der Waals surface area (Å²) in [5, 5.41) is 8.58. The number of carbonyl (C=O) groups is 2. The lowest BCUT2D eigenvalue weighted by Gasteiger charge is -2.10. The third-order valence-corrected chi connectivity index (χ3v) is 5.29. The van der Waals surface area contributed by atoms with Crippen LogP contribution in [0.25, 0.3) is 5.65 Å². The van der Waals surface area contributed by atoms with E-state index in [0.717, 1.165) is 23.7 Å². The van der Waals surface area contributed by atoms with E-state index in [-0.39, 0.29) is 17.5 Å². The van der Waals surface area contributed by atoms with Gasteiger partial charge in [-0.1, -0.05) is 6.07 Å². The highest BCUT2D eigenvalue weighted by atomic mass is 19.4. The van der Waals surface area contributed by atoms with E-state index in [1.807, 2.05) is 0 Å². The Morgan fingerprint density at radius 3 is 2.60 bits per heavy atom. The Hall–Kier alpha value is -4.35. The smallest absolute Gasteiger partial charge is 0.435 e. The molecule has 4 aromatic rings. The second-order valence-corrected chi connectivity index (χ2v) is 8.17. The number of anilines is 2. The van der Waals surface area contributed by atoms with E-state index in [2.05, 4.69) is 20.7 Å². The Balaban J connectivity index is 1.30. The van der Waals surface area contributed by atoms with Gasteiger partial charge in [-0.15, -0.1) is 0 Å². The summed E-state index contributed by atoms with van der Waals surface area (Å²) < 4.78 is 48.0. The van der Waals surface area contributed by atoms with Crippen molar-refractivity contribution >= 4 is 29.0 Å². The molecular weight excluding hydrogens is 465 g/mol. The van der Waals surface area contributed by atoms with Crippen LogP contribution in [0.15, 0.2) is 55.0 Å². The number of halogens is 3. The second-order valence-electron chi connectivity index (χ2n) is 8.17. The SMILES string of the molecule is Cn1cc(C(=O)Nc2cccc(Oc3ccc4nc(NC(=O)C5CC5)cn4c3)c2)c(C(F)(F)F)n1. The molecule has 5 rings (SSSR count). The van der Waals surface area contributed by atoms with Gasteiger partial charge in [-0.25, -0.2) is 4.98 Å². The molecule has 0 spiro atoms. The molecule has 0 radical (unpaired) electrons. The van der Waals surface area contributed by atoms with Gasteiger partial charge in [-0.05, 0) is 37.1 Å². The Labute approximate surface area is 196 Å². The number of aromatic nitrogens is 4. The predicted molar refractivity (Wildman–Crippen MR) is 119 cm³/mol. The average molecular weight is 484 g/mol. The molecular formula is C23H19F3N6O3.